The largest absolute Gasteiger partial charge is 0.462 e. The van der Waals surface area contributed by atoms with Crippen LogP contribution in [0.5, 0.6) is 0 Å². The maximum Gasteiger partial charge on any atom is 0.268 e. The smallest absolute Gasteiger partial charge is 0.268 e. The average Bonchev–Trinajstić information content (AvgIpc) is 3.27. The van der Waals surface area contributed by atoms with Gasteiger partial charge in [0.05, 0.1) is 0 Å². The molecule has 0 radical (unpaired) electrons. The van der Waals surface area contributed by atoms with Crippen molar-refractivity contribution in [2.75, 3.05) is 0 Å². The first-order chi connectivity index (χ1) is 11.1. The molecule has 1 aliphatic carbocycles. The second kappa shape index (κ2) is 6.52. The summed E-state index contributed by atoms with van der Waals surface area (Å²) in [5, 5.41) is 5.55. The third-order valence-electron chi connectivity index (χ3n) is 3.49. The maximum atomic E-state index is 12.3. The van der Waals surface area contributed by atoms with Crippen molar-refractivity contribution in [1.82, 2.24) is 10.6 Å². The van der Waals surface area contributed by atoms with E-state index >= 15 is 0 Å². The van der Waals surface area contributed by atoms with Gasteiger partial charge in [0.2, 0.25) is 0 Å². The van der Waals surface area contributed by atoms with Crippen LogP contribution < -0.4 is 10.6 Å². The molecule has 2 N–H and O–H groups in total. The van der Waals surface area contributed by atoms with Gasteiger partial charge in [-0.1, -0.05) is 18.2 Å². The standard InChI is InChI=1S/C18H18N2O3/c1-12-7-10-15(23-12)11-16(18(22)19-14-8-9-14)20-17(21)13-5-3-2-4-6-13/h2-7,10-11,14H,8-9H2,1H3,(H,19,22)(H,20,21). The number of hydrogen-bond acceptors (Lipinski definition) is 3. The second-order valence-electron chi connectivity index (χ2n) is 5.57. The summed E-state index contributed by atoms with van der Waals surface area (Å²) in [6.07, 6.45) is 3.50. The van der Waals surface area contributed by atoms with Gasteiger partial charge in [0.1, 0.15) is 17.2 Å². The quantitative estimate of drug-likeness (QED) is 0.834. The minimum Gasteiger partial charge on any atom is -0.462 e. The van der Waals surface area contributed by atoms with Gasteiger partial charge in [-0.25, -0.2) is 0 Å². The van der Waals surface area contributed by atoms with Crippen LogP contribution in [0.2, 0.25) is 0 Å². The van der Waals surface area contributed by atoms with Crippen LogP contribution in [0.25, 0.3) is 6.08 Å². The summed E-state index contributed by atoms with van der Waals surface area (Å²) in [5.41, 5.74) is 0.674. The van der Waals surface area contributed by atoms with Crippen LogP contribution in [0.1, 0.15) is 34.7 Å². The van der Waals surface area contributed by atoms with E-state index in [4.69, 9.17) is 4.42 Å². The normalized spacial score (nSPS) is 14.4. The number of benzene rings is 1. The molecule has 0 unspecified atom stereocenters. The number of furan rings is 1. The van der Waals surface area contributed by atoms with Gasteiger partial charge in [-0.2, -0.15) is 0 Å². The Balaban J connectivity index is 1.80. The van der Waals surface area contributed by atoms with Crippen LogP contribution in [0.15, 0.2) is 52.6 Å². The van der Waals surface area contributed by atoms with E-state index in [-0.39, 0.29) is 23.6 Å². The molecule has 1 aromatic heterocycles. The number of rotatable bonds is 5. The molecule has 1 saturated carbocycles. The Bertz CT molecular complexity index is 743. The SMILES string of the molecule is Cc1ccc(C=C(NC(=O)c2ccccc2)C(=O)NC2CC2)o1. The molecular weight excluding hydrogens is 292 g/mol. The highest BCUT2D eigenvalue weighted by Crippen LogP contribution is 2.19. The summed E-state index contributed by atoms with van der Waals surface area (Å²) >= 11 is 0. The van der Waals surface area contributed by atoms with Gasteiger partial charge < -0.3 is 15.1 Å². The zero-order valence-corrected chi connectivity index (χ0v) is 12.8. The molecule has 0 spiro atoms. The zero-order chi connectivity index (χ0) is 16.2. The topological polar surface area (TPSA) is 71.3 Å². The molecule has 0 aliphatic heterocycles. The molecule has 5 nitrogen and oxygen atoms in total. The molecule has 0 bridgehead atoms. The van der Waals surface area contributed by atoms with Crippen LogP contribution in [0, 0.1) is 6.92 Å². The van der Waals surface area contributed by atoms with Crippen molar-refractivity contribution in [3.63, 3.8) is 0 Å². The molecule has 2 amide bonds. The monoisotopic (exact) mass is 310 g/mol. The lowest BCUT2D eigenvalue weighted by molar-refractivity contribution is -0.117. The first kappa shape index (κ1) is 15.1. The summed E-state index contributed by atoms with van der Waals surface area (Å²) in [6, 6.07) is 12.6. The van der Waals surface area contributed by atoms with E-state index in [9.17, 15) is 9.59 Å². The molecule has 1 aliphatic rings. The number of aryl methyl sites for hydroxylation is 1. The highest BCUT2D eigenvalue weighted by atomic mass is 16.3. The molecule has 23 heavy (non-hydrogen) atoms. The third-order valence-corrected chi connectivity index (χ3v) is 3.49. The van der Waals surface area contributed by atoms with Gasteiger partial charge in [0, 0.05) is 17.7 Å². The number of nitrogens with one attached hydrogen (secondary N) is 2. The Morgan fingerprint density at radius 3 is 2.48 bits per heavy atom. The van der Waals surface area contributed by atoms with E-state index in [1.807, 2.05) is 13.0 Å². The van der Waals surface area contributed by atoms with E-state index in [0.717, 1.165) is 18.6 Å². The second-order valence-corrected chi connectivity index (χ2v) is 5.57. The number of hydrogen-bond donors (Lipinski definition) is 2. The van der Waals surface area contributed by atoms with Crippen LogP contribution in [-0.2, 0) is 4.79 Å². The highest BCUT2D eigenvalue weighted by molar-refractivity contribution is 6.05. The Morgan fingerprint density at radius 2 is 1.87 bits per heavy atom. The fraction of sp³-hybridized carbons (Fsp3) is 0.222. The fourth-order valence-corrected chi connectivity index (χ4v) is 2.11. The van der Waals surface area contributed by atoms with E-state index in [1.165, 1.54) is 0 Å². The van der Waals surface area contributed by atoms with Crippen molar-refractivity contribution in [3.8, 4) is 0 Å². The van der Waals surface area contributed by atoms with Crippen molar-refractivity contribution in [2.45, 2.75) is 25.8 Å². The summed E-state index contributed by atoms with van der Waals surface area (Å²) in [4.78, 5) is 24.6. The Morgan fingerprint density at radius 1 is 1.13 bits per heavy atom. The average molecular weight is 310 g/mol. The summed E-state index contributed by atoms with van der Waals surface area (Å²) in [5.74, 6) is 0.640. The Kier molecular flexibility index (Phi) is 4.28. The molecule has 2 aromatic rings. The molecular formula is C18H18N2O3. The fourth-order valence-electron chi connectivity index (χ4n) is 2.11. The Labute approximate surface area is 134 Å². The number of carbonyl (C=O) groups is 2. The van der Waals surface area contributed by atoms with Gasteiger partial charge in [0.15, 0.2) is 0 Å². The van der Waals surface area contributed by atoms with Crippen molar-refractivity contribution in [1.29, 1.82) is 0 Å². The van der Waals surface area contributed by atoms with Crippen LogP contribution in [-0.4, -0.2) is 17.9 Å². The maximum absolute atomic E-state index is 12.3. The highest BCUT2D eigenvalue weighted by Gasteiger charge is 2.25. The minimum absolute atomic E-state index is 0.181. The van der Waals surface area contributed by atoms with Gasteiger partial charge in [-0.05, 0) is 44.0 Å². The van der Waals surface area contributed by atoms with Gasteiger partial charge in [-0.15, -0.1) is 0 Å². The first-order valence-electron chi connectivity index (χ1n) is 7.57. The number of amides is 2. The van der Waals surface area contributed by atoms with E-state index < -0.39 is 0 Å². The molecule has 1 heterocycles. The molecule has 5 heteroatoms. The lowest BCUT2D eigenvalue weighted by atomic mass is 10.2. The lowest BCUT2D eigenvalue weighted by Crippen LogP contribution is -2.35. The molecule has 1 fully saturated rings. The molecule has 3 rings (SSSR count). The molecule has 118 valence electrons. The van der Waals surface area contributed by atoms with Crippen molar-refractivity contribution in [3.05, 3.63) is 65.2 Å². The molecule has 0 saturated heterocycles. The predicted molar refractivity (Wildman–Crippen MR) is 86.5 cm³/mol. The van der Waals surface area contributed by atoms with Gasteiger partial charge >= 0.3 is 0 Å². The lowest BCUT2D eigenvalue weighted by Gasteiger charge is -2.10. The minimum atomic E-state index is -0.328. The van der Waals surface area contributed by atoms with Crippen molar-refractivity contribution >= 4 is 17.9 Å². The zero-order valence-electron chi connectivity index (χ0n) is 12.8. The summed E-state index contributed by atoms with van der Waals surface area (Å²) in [7, 11) is 0. The molecule has 0 atom stereocenters. The van der Waals surface area contributed by atoms with Crippen LogP contribution in [0.4, 0.5) is 0 Å². The van der Waals surface area contributed by atoms with Crippen molar-refractivity contribution in [2.24, 2.45) is 0 Å². The van der Waals surface area contributed by atoms with Crippen molar-refractivity contribution < 1.29 is 14.0 Å². The van der Waals surface area contributed by atoms with E-state index in [1.54, 1.807) is 42.5 Å². The van der Waals surface area contributed by atoms with E-state index in [0.29, 0.717) is 11.3 Å². The summed E-state index contributed by atoms with van der Waals surface area (Å²) < 4.78 is 5.46. The number of carbonyl (C=O) groups excluding carboxylic acids is 2. The van der Waals surface area contributed by atoms with E-state index in [2.05, 4.69) is 10.6 Å². The Hall–Kier alpha value is -2.82. The van der Waals surface area contributed by atoms with Crippen LogP contribution in [0.3, 0.4) is 0 Å². The first-order valence-corrected chi connectivity index (χ1v) is 7.57. The third kappa shape index (κ3) is 4.10. The van der Waals surface area contributed by atoms with Crippen LogP contribution >= 0.6 is 0 Å². The van der Waals surface area contributed by atoms with Gasteiger partial charge in [0.25, 0.3) is 11.8 Å². The molecule has 1 aromatic carbocycles. The summed E-state index contributed by atoms with van der Waals surface area (Å²) in [6.45, 7) is 1.82. The van der Waals surface area contributed by atoms with Gasteiger partial charge in [-0.3, -0.25) is 9.59 Å². The predicted octanol–water partition coefficient (Wildman–Crippen LogP) is 2.64.